The van der Waals surface area contributed by atoms with E-state index in [-0.39, 0.29) is 36.3 Å². The zero-order valence-electron chi connectivity index (χ0n) is 18.2. The van der Waals surface area contributed by atoms with Crippen LogP contribution in [0.5, 0.6) is 0 Å². The largest absolute Gasteiger partial charge is 0.353 e. The average Bonchev–Trinajstić information content (AvgIpc) is 3.28. The fourth-order valence-corrected chi connectivity index (χ4v) is 4.52. The number of hydrogen-bond acceptors (Lipinski definition) is 5. The summed E-state index contributed by atoms with van der Waals surface area (Å²) in [6.07, 6.45) is 5.05. The number of piperazine rings is 1. The molecule has 0 aromatic rings. The molecule has 2 heterocycles. The van der Waals surface area contributed by atoms with E-state index in [9.17, 15) is 19.2 Å². The zero-order chi connectivity index (χ0) is 21.7. The van der Waals surface area contributed by atoms with Crippen molar-refractivity contribution >= 4 is 23.8 Å². The topological polar surface area (TPSA) is 102 Å². The van der Waals surface area contributed by atoms with Gasteiger partial charge < -0.3 is 15.5 Å². The first-order chi connectivity index (χ1) is 14.3. The molecular formula is C21H35N5O4. The van der Waals surface area contributed by atoms with Crippen LogP contribution in [-0.2, 0) is 14.4 Å². The van der Waals surface area contributed by atoms with Gasteiger partial charge in [0.1, 0.15) is 5.54 Å². The average molecular weight is 422 g/mol. The number of rotatable bonds is 8. The van der Waals surface area contributed by atoms with Crippen LogP contribution < -0.4 is 10.6 Å². The molecule has 0 radical (unpaired) electrons. The number of amides is 5. The SMILES string of the molecule is CCC(C)NC(=O)CN1CCN(C(=O)CCCN2C(=O)NC3(CCCC3)C2=O)CC1. The van der Waals surface area contributed by atoms with Gasteiger partial charge in [-0.3, -0.25) is 24.2 Å². The van der Waals surface area contributed by atoms with Gasteiger partial charge in [-0.15, -0.1) is 0 Å². The van der Waals surface area contributed by atoms with E-state index in [2.05, 4.69) is 15.5 Å². The van der Waals surface area contributed by atoms with E-state index < -0.39 is 5.54 Å². The Kier molecular flexibility index (Phi) is 7.33. The van der Waals surface area contributed by atoms with Gasteiger partial charge in [0.15, 0.2) is 0 Å². The summed E-state index contributed by atoms with van der Waals surface area (Å²) < 4.78 is 0. The number of hydrogen-bond donors (Lipinski definition) is 2. The van der Waals surface area contributed by atoms with Crippen LogP contribution in [0.4, 0.5) is 4.79 Å². The van der Waals surface area contributed by atoms with E-state index in [0.29, 0.717) is 58.4 Å². The number of nitrogens with one attached hydrogen (secondary N) is 2. The van der Waals surface area contributed by atoms with Crippen LogP contribution in [0.3, 0.4) is 0 Å². The summed E-state index contributed by atoms with van der Waals surface area (Å²) in [5.74, 6) is -0.0548. The molecule has 1 aliphatic carbocycles. The Morgan fingerprint density at radius 3 is 2.43 bits per heavy atom. The van der Waals surface area contributed by atoms with Gasteiger partial charge in [0.05, 0.1) is 6.54 Å². The first kappa shape index (κ1) is 22.5. The van der Waals surface area contributed by atoms with Crippen molar-refractivity contribution < 1.29 is 19.2 Å². The molecule has 0 aromatic carbocycles. The van der Waals surface area contributed by atoms with Crippen molar-refractivity contribution in [2.24, 2.45) is 0 Å². The van der Waals surface area contributed by atoms with Gasteiger partial charge in [0, 0.05) is 45.2 Å². The van der Waals surface area contributed by atoms with E-state index in [4.69, 9.17) is 0 Å². The lowest BCUT2D eigenvalue weighted by Gasteiger charge is -2.34. The third-order valence-corrected chi connectivity index (χ3v) is 6.59. The van der Waals surface area contributed by atoms with Gasteiger partial charge in [-0.05, 0) is 32.6 Å². The minimum absolute atomic E-state index is 0.0257. The Hall–Kier alpha value is -2.16. The molecular weight excluding hydrogens is 386 g/mol. The predicted octanol–water partition coefficient (Wildman–Crippen LogP) is 0.690. The second-order valence-corrected chi connectivity index (χ2v) is 8.81. The van der Waals surface area contributed by atoms with Crippen molar-refractivity contribution in [2.45, 2.75) is 70.4 Å². The first-order valence-electron chi connectivity index (χ1n) is 11.3. The summed E-state index contributed by atoms with van der Waals surface area (Å²) in [6, 6.07) is -0.146. The molecule has 30 heavy (non-hydrogen) atoms. The number of imide groups is 1. The maximum Gasteiger partial charge on any atom is 0.325 e. The van der Waals surface area contributed by atoms with Crippen LogP contribution in [0.1, 0.15) is 58.8 Å². The lowest BCUT2D eigenvalue weighted by Crippen LogP contribution is -2.51. The maximum absolute atomic E-state index is 12.6. The van der Waals surface area contributed by atoms with Crippen molar-refractivity contribution in [1.29, 1.82) is 0 Å². The molecule has 5 amide bonds. The molecule has 3 fully saturated rings. The Balaban J connectivity index is 1.36. The summed E-state index contributed by atoms with van der Waals surface area (Å²) >= 11 is 0. The molecule has 168 valence electrons. The van der Waals surface area contributed by atoms with Crippen LogP contribution in [0.2, 0.25) is 0 Å². The highest BCUT2D eigenvalue weighted by Crippen LogP contribution is 2.35. The monoisotopic (exact) mass is 421 g/mol. The van der Waals surface area contributed by atoms with Crippen LogP contribution in [-0.4, -0.2) is 89.3 Å². The molecule has 1 saturated carbocycles. The number of carbonyl (C=O) groups is 4. The zero-order valence-corrected chi connectivity index (χ0v) is 18.2. The van der Waals surface area contributed by atoms with Crippen molar-refractivity contribution in [3.8, 4) is 0 Å². The van der Waals surface area contributed by atoms with Crippen molar-refractivity contribution in [3.05, 3.63) is 0 Å². The van der Waals surface area contributed by atoms with Gasteiger partial charge in [-0.1, -0.05) is 19.8 Å². The smallest absolute Gasteiger partial charge is 0.325 e. The molecule has 0 aromatic heterocycles. The molecule has 9 nitrogen and oxygen atoms in total. The van der Waals surface area contributed by atoms with E-state index in [1.165, 1.54) is 4.90 Å². The highest BCUT2D eigenvalue weighted by atomic mass is 16.2. The molecule has 2 N–H and O–H groups in total. The predicted molar refractivity (Wildman–Crippen MR) is 112 cm³/mol. The molecule has 1 spiro atoms. The Morgan fingerprint density at radius 2 is 1.80 bits per heavy atom. The van der Waals surface area contributed by atoms with Crippen LogP contribution >= 0.6 is 0 Å². The van der Waals surface area contributed by atoms with Gasteiger partial charge in [0.2, 0.25) is 11.8 Å². The van der Waals surface area contributed by atoms with Gasteiger partial charge in [-0.25, -0.2) is 4.79 Å². The van der Waals surface area contributed by atoms with E-state index in [0.717, 1.165) is 19.3 Å². The lowest BCUT2D eigenvalue weighted by molar-refractivity contribution is -0.135. The van der Waals surface area contributed by atoms with Crippen LogP contribution in [0.15, 0.2) is 0 Å². The molecule has 3 aliphatic rings. The highest BCUT2D eigenvalue weighted by molar-refractivity contribution is 6.07. The molecule has 0 bridgehead atoms. The van der Waals surface area contributed by atoms with Gasteiger partial charge in [0.25, 0.3) is 5.91 Å². The van der Waals surface area contributed by atoms with Crippen molar-refractivity contribution in [1.82, 2.24) is 25.3 Å². The summed E-state index contributed by atoms with van der Waals surface area (Å²) in [5.41, 5.74) is -0.682. The Morgan fingerprint density at radius 1 is 1.13 bits per heavy atom. The minimum atomic E-state index is -0.682. The molecule has 2 saturated heterocycles. The Labute approximate surface area is 178 Å². The molecule has 1 atom stereocenters. The molecule has 1 unspecified atom stereocenters. The second kappa shape index (κ2) is 9.76. The highest BCUT2D eigenvalue weighted by Gasteiger charge is 2.52. The lowest BCUT2D eigenvalue weighted by atomic mass is 9.98. The third kappa shape index (κ3) is 5.11. The van der Waals surface area contributed by atoms with Gasteiger partial charge >= 0.3 is 6.03 Å². The number of carbonyl (C=O) groups excluding carboxylic acids is 4. The van der Waals surface area contributed by atoms with E-state index in [1.54, 1.807) is 0 Å². The summed E-state index contributed by atoms with van der Waals surface area (Å²) in [4.78, 5) is 54.5. The van der Waals surface area contributed by atoms with Crippen LogP contribution in [0, 0.1) is 0 Å². The third-order valence-electron chi connectivity index (χ3n) is 6.59. The van der Waals surface area contributed by atoms with Gasteiger partial charge in [-0.2, -0.15) is 0 Å². The van der Waals surface area contributed by atoms with Crippen molar-refractivity contribution in [3.63, 3.8) is 0 Å². The molecule has 3 rings (SSSR count). The summed E-state index contributed by atoms with van der Waals surface area (Å²) in [6.45, 7) is 7.22. The minimum Gasteiger partial charge on any atom is -0.353 e. The second-order valence-electron chi connectivity index (χ2n) is 8.81. The fraction of sp³-hybridized carbons (Fsp3) is 0.810. The standard InChI is InChI=1S/C21H35N5O4/c1-3-16(2)22-17(27)15-24-11-13-25(14-12-24)18(28)7-6-10-26-19(29)21(23-20(26)30)8-4-5-9-21/h16H,3-15H2,1-2H3,(H,22,27)(H,23,30). The molecule has 9 heteroatoms. The Bertz CT molecular complexity index is 668. The number of nitrogens with zero attached hydrogens (tertiary/aromatic N) is 3. The first-order valence-corrected chi connectivity index (χ1v) is 11.3. The summed E-state index contributed by atoms with van der Waals surface area (Å²) in [5, 5.41) is 5.83. The van der Waals surface area contributed by atoms with E-state index >= 15 is 0 Å². The summed E-state index contributed by atoms with van der Waals surface area (Å²) in [7, 11) is 0. The van der Waals surface area contributed by atoms with Crippen LogP contribution in [0.25, 0.3) is 0 Å². The molecule has 2 aliphatic heterocycles. The van der Waals surface area contributed by atoms with Crippen molar-refractivity contribution in [2.75, 3.05) is 39.3 Å². The fourth-order valence-electron chi connectivity index (χ4n) is 4.52. The maximum atomic E-state index is 12.6. The van der Waals surface area contributed by atoms with E-state index in [1.807, 2.05) is 18.7 Å². The number of urea groups is 1. The quantitative estimate of drug-likeness (QED) is 0.562. The normalized spacial score (nSPS) is 22.5.